The zero-order chi connectivity index (χ0) is 19.7. The number of nitrogens with one attached hydrogen (secondary N) is 1. The number of fused-ring (bicyclic) bond motifs is 1. The van der Waals surface area contributed by atoms with Gasteiger partial charge < -0.3 is 10.2 Å². The van der Waals surface area contributed by atoms with Crippen molar-refractivity contribution in [1.82, 2.24) is 24.8 Å². The Bertz CT molecular complexity index is 871. The quantitative estimate of drug-likeness (QED) is 0.873. The van der Waals surface area contributed by atoms with E-state index in [0.29, 0.717) is 12.8 Å². The van der Waals surface area contributed by atoms with E-state index < -0.39 is 0 Å². The monoisotopic (exact) mass is 371 g/mol. The van der Waals surface area contributed by atoms with Crippen LogP contribution in [0.5, 0.6) is 0 Å². The molecule has 1 aliphatic heterocycles. The van der Waals surface area contributed by atoms with Crippen LogP contribution in [-0.4, -0.2) is 50.4 Å². The molecule has 0 bridgehead atoms. The van der Waals surface area contributed by atoms with Crippen molar-refractivity contribution < 1.29 is 9.59 Å². The minimum Gasteiger partial charge on any atom is -0.354 e. The Hall–Kier alpha value is -2.44. The molecular formula is C20H29N5O2. The number of hydrogen-bond donors (Lipinski definition) is 1. The number of aryl methyl sites for hydroxylation is 2. The molecule has 0 spiro atoms. The Kier molecular flexibility index (Phi) is 5.48. The van der Waals surface area contributed by atoms with Crippen LogP contribution in [0.15, 0.2) is 6.07 Å². The van der Waals surface area contributed by atoms with E-state index in [1.54, 1.807) is 6.92 Å². The first-order valence-corrected chi connectivity index (χ1v) is 9.67. The Labute approximate surface area is 160 Å². The fourth-order valence-corrected chi connectivity index (χ4v) is 3.83. The maximum absolute atomic E-state index is 12.0. The molecular weight excluding hydrogens is 342 g/mol. The van der Waals surface area contributed by atoms with Gasteiger partial charge in [-0.05, 0) is 46.1 Å². The highest BCUT2D eigenvalue weighted by Gasteiger charge is 2.28. The molecule has 1 atom stereocenters. The molecule has 0 aliphatic carbocycles. The highest BCUT2D eigenvalue weighted by molar-refractivity contribution is 5.76. The third-order valence-electron chi connectivity index (χ3n) is 5.29. The molecule has 0 saturated carbocycles. The summed E-state index contributed by atoms with van der Waals surface area (Å²) < 4.78 is 1.88. The molecule has 146 valence electrons. The number of rotatable bonds is 5. The number of aromatic nitrogens is 3. The van der Waals surface area contributed by atoms with Crippen molar-refractivity contribution in [2.75, 3.05) is 13.1 Å². The molecule has 7 nitrogen and oxygen atoms in total. The smallest absolute Gasteiger partial charge is 0.220 e. The molecule has 3 heterocycles. The van der Waals surface area contributed by atoms with Gasteiger partial charge in [0.25, 0.3) is 0 Å². The van der Waals surface area contributed by atoms with Crippen molar-refractivity contribution in [3.8, 4) is 0 Å². The van der Waals surface area contributed by atoms with E-state index >= 15 is 0 Å². The molecule has 2 aromatic heterocycles. The van der Waals surface area contributed by atoms with Crippen LogP contribution in [0.1, 0.15) is 62.2 Å². The Morgan fingerprint density at radius 1 is 1.33 bits per heavy atom. The Morgan fingerprint density at radius 3 is 2.70 bits per heavy atom. The maximum Gasteiger partial charge on any atom is 0.220 e. The summed E-state index contributed by atoms with van der Waals surface area (Å²) in [5.41, 5.74) is 4.87. The first kappa shape index (κ1) is 19.3. The summed E-state index contributed by atoms with van der Waals surface area (Å²) in [7, 11) is 0. The summed E-state index contributed by atoms with van der Waals surface area (Å²) in [5, 5.41) is 7.71. The summed E-state index contributed by atoms with van der Waals surface area (Å²) in [6.07, 6.45) is 2.02. The normalized spacial score (nSPS) is 17.1. The largest absolute Gasteiger partial charge is 0.354 e. The molecule has 27 heavy (non-hydrogen) atoms. The topological polar surface area (TPSA) is 79.6 Å². The van der Waals surface area contributed by atoms with E-state index in [4.69, 9.17) is 10.1 Å². The van der Waals surface area contributed by atoms with Crippen LogP contribution in [0.3, 0.4) is 0 Å². The zero-order valence-electron chi connectivity index (χ0n) is 16.9. The number of nitrogens with zero attached hydrogens (tertiary/aromatic N) is 4. The van der Waals surface area contributed by atoms with Gasteiger partial charge in [-0.15, -0.1) is 0 Å². The van der Waals surface area contributed by atoms with Gasteiger partial charge in [-0.2, -0.15) is 5.10 Å². The second-order valence-electron chi connectivity index (χ2n) is 7.77. The molecule has 1 N–H and O–H groups in total. The lowest BCUT2D eigenvalue weighted by atomic mass is 10.1. The first-order valence-electron chi connectivity index (χ1n) is 9.67. The number of hydrogen-bond acceptors (Lipinski definition) is 4. The van der Waals surface area contributed by atoms with E-state index in [-0.39, 0.29) is 23.8 Å². The lowest BCUT2D eigenvalue weighted by Gasteiger charge is -2.13. The molecule has 1 fully saturated rings. The van der Waals surface area contributed by atoms with Crippen molar-refractivity contribution in [3.05, 3.63) is 28.7 Å². The van der Waals surface area contributed by atoms with E-state index in [9.17, 15) is 9.59 Å². The molecule has 1 aliphatic rings. The van der Waals surface area contributed by atoms with E-state index in [1.807, 2.05) is 43.2 Å². The van der Waals surface area contributed by atoms with Crippen LogP contribution in [0, 0.1) is 13.8 Å². The van der Waals surface area contributed by atoms with Crippen molar-refractivity contribution in [1.29, 1.82) is 0 Å². The van der Waals surface area contributed by atoms with E-state index in [0.717, 1.165) is 47.8 Å². The van der Waals surface area contributed by atoms with Crippen LogP contribution in [0.4, 0.5) is 0 Å². The summed E-state index contributed by atoms with van der Waals surface area (Å²) >= 11 is 0. The van der Waals surface area contributed by atoms with E-state index in [1.165, 1.54) is 0 Å². The average molecular weight is 371 g/mol. The Morgan fingerprint density at radius 2 is 2.07 bits per heavy atom. The van der Waals surface area contributed by atoms with Gasteiger partial charge in [-0.1, -0.05) is 0 Å². The fourth-order valence-electron chi connectivity index (χ4n) is 3.83. The minimum absolute atomic E-state index is 0.0559. The fraction of sp³-hybridized carbons (Fsp3) is 0.600. The van der Waals surface area contributed by atoms with Crippen molar-refractivity contribution in [2.24, 2.45) is 0 Å². The number of likely N-dealkylation sites (tertiary alicyclic amines) is 1. The minimum atomic E-state index is 0.0559. The highest BCUT2D eigenvalue weighted by Crippen LogP contribution is 2.28. The lowest BCUT2D eigenvalue weighted by Crippen LogP contribution is -2.30. The van der Waals surface area contributed by atoms with Gasteiger partial charge in [0.05, 0.1) is 5.69 Å². The SMILES string of the molecule is CC(=O)N1CC[C@@H](c2cc3nc(C)c(CCC(=O)NC(C)C)c(C)n3n2)C1. The van der Waals surface area contributed by atoms with Gasteiger partial charge in [0.2, 0.25) is 11.8 Å². The van der Waals surface area contributed by atoms with Crippen LogP contribution in [0.25, 0.3) is 5.65 Å². The second-order valence-corrected chi connectivity index (χ2v) is 7.77. The van der Waals surface area contributed by atoms with Crippen molar-refractivity contribution in [2.45, 2.75) is 65.8 Å². The van der Waals surface area contributed by atoms with Crippen molar-refractivity contribution >= 4 is 17.5 Å². The van der Waals surface area contributed by atoms with E-state index in [2.05, 4.69) is 5.32 Å². The van der Waals surface area contributed by atoms with Crippen LogP contribution in [0.2, 0.25) is 0 Å². The van der Waals surface area contributed by atoms with Gasteiger partial charge in [-0.25, -0.2) is 9.50 Å². The highest BCUT2D eigenvalue weighted by atomic mass is 16.2. The van der Waals surface area contributed by atoms with Gasteiger partial charge in [0.1, 0.15) is 0 Å². The third-order valence-corrected chi connectivity index (χ3v) is 5.29. The predicted octanol–water partition coefficient (Wildman–Crippen LogP) is 2.14. The molecule has 2 aromatic rings. The molecule has 0 radical (unpaired) electrons. The maximum atomic E-state index is 12.0. The second kappa shape index (κ2) is 7.66. The zero-order valence-corrected chi connectivity index (χ0v) is 16.9. The van der Waals surface area contributed by atoms with Gasteiger partial charge in [0, 0.05) is 55.8 Å². The first-order chi connectivity index (χ1) is 12.8. The molecule has 7 heteroatoms. The number of carbonyl (C=O) groups is 2. The average Bonchev–Trinajstić information content (AvgIpc) is 3.20. The van der Waals surface area contributed by atoms with Gasteiger partial charge in [-0.3, -0.25) is 9.59 Å². The molecule has 0 aromatic carbocycles. The Balaban J connectivity index is 1.82. The summed E-state index contributed by atoms with van der Waals surface area (Å²) in [5.74, 6) is 0.435. The standard InChI is InChI=1S/C20H29N5O2/c1-12(2)21-20(27)7-6-17-13(3)22-19-10-18(23-25(19)14(17)4)16-8-9-24(11-16)15(5)26/h10,12,16H,6-9,11H2,1-5H3,(H,21,27)/t16-/m1/s1. The van der Waals surface area contributed by atoms with Gasteiger partial charge >= 0.3 is 0 Å². The molecule has 0 unspecified atom stereocenters. The van der Waals surface area contributed by atoms with Crippen molar-refractivity contribution in [3.63, 3.8) is 0 Å². The van der Waals surface area contributed by atoms with Crippen LogP contribution >= 0.6 is 0 Å². The molecule has 1 saturated heterocycles. The molecule has 2 amide bonds. The summed E-state index contributed by atoms with van der Waals surface area (Å²) in [6, 6.07) is 2.18. The van der Waals surface area contributed by atoms with Crippen LogP contribution < -0.4 is 5.32 Å². The number of carbonyl (C=O) groups excluding carboxylic acids is 2. The van der Waals surface area contributed by atoms with Gasteiger partial charge in [0.15, 0.2) is 5.65 Å². The lowest BCUT2D eigenvalue weighted by molar-refractivity contribution is -0.127. The summed E-state index contributed by atoms with van der Waals surface area (Å²) in [6.45, 7) is 11.1. The predicted molar refractivity (Wildman–Crippen MR) is 104 cm³/mol. The third kappa shape index (κ3) is 4.12. The van der Waals surface area contributed by atoms with Crippen LogP contribution in [-0.2, 0) is 16.0 Å². The number of amides is 2. The summed E-state index contributed by atoms with van der Waals surface area (Å²) in [4.78, 5) is 30.2. The molecule has 3 rings (SSSR count).